The van der Waals surface area contributed by atoms with Crippen LogP contribution in [0.2, 0.25) is 0 Å². The van der Waals surface area contributed by atoms with Gasteiger partial charge in [-0.15, -0.1) is 0 Å². The molecule has 164 valence electrons. The van der Waals surface area contributed by atoms with Gasteiger partial charge in [0.1, 0.15) is 6.04 Å². The molecule has 15 heteroatoms. The van der Waals surface area contributed by atoms with E-state index in [4.69, 9.17) is 10.8 Å². The number of hydrogen-bond acceptors (Lipinski definition) is 9. The molecule has 0 bridgehead atoms. The molecule has 2 atom stereocenters. The zero-order chi connectivity index (χ0) is 22.4. The molecule has 5 amide bonds. The molecule has 0 saturated heterocycles. The van der Waals surface area contributed by atoms with Crippen molar-refractivity contribution in [3.8, 4) is 0 Å². The molecule has 0 fully saturated rings. The van der Waals surface area contributed by atoms with Crippen molar-refractivity contribution < 1.29 is 33.9 Å². The molecule has 0 aliphatic carbocycles. The molecular weight excluding hydrogens is 428 g/mol. The monoisotopic (exact) mass is 452 g/mol. The SMILES string of the molecule is N[C@@H](CS)C(=O)NCC(=O)NCC(=O)NCC(=O)NCC(=O)N[C@@H](CS)C(=O)O. The van der Waals surface area contributed by atoms with Crippen LogP contribution in [-0.4, -0.2) is 90.4 Å². The maximum absolute atomic E-state index is 11.6. The fourth-order valence-corrected chi connectivity index (χ4v) is 1.95. The number of hydrogen-bond donors (Lipinski definition) is 9. The van der Waals surface area contributed by atoms with Gasteiger partial charge in [0.25, 0.3) is 0 Å². The first-order valence-electron chi connectivity index (χ1n) is 8.18. The van der Waals surface area contributed by atoms with E-state index in [2.05, 4.69) is 51.8 Å². The van der Waals surface area contributed by atoms with Crippen LogP contribution in [0.3, 0.4) is 0 Å². The van der Waals surface area contributed by atoms with Gasteiger partial charge < -0.3 is 37.4 Å². The molecular formula is C14H24N6O7S2. The summed E-state index contributed by atoms with van der Waals surface area (Å²) in [7, 11) is 0. The third-order valence-corrected chi connectivity index (χ3v) is 3.87. The Morgan fingerprint density at radius 1 is 0.724 bits per heavy atom. The Hall–Kier alpha value is -2.52. The van der Waals surface area contributed by atoms with E-state index in [9.17, 15) is 28.8 Å². The van der Waals surface area contributed by atoms with Crippen molar-refractivity contribution in [2.75, 3.05) is 37.7 Å². The van der Waals surface area contributed by atoms with E-state index >= 15 is 0 Å². The van der Waals surface area contributed by atoms with Crippen LogP contribution in [0.1, 0.15) is 0 Å². The first-order chi connectivity index (χ1) is 13.6. The van der Waals surface area contributed by atoms with Gasteiger partial charge in [-0.05, 0) is 0 Å². The van der Waals surface area contributed by atoms with Gasteiger partial charge in [-0.2, -0.15) is 25.3 Å². The highest BCUT2D eigenvalue weighted by Crippen LogP contribution is 1.87. The summed E-state index contributed by atoms with van der Waals surface area (Å²) in [5.41, 5.74) is 5.40. The van der Waals surface area contributed by atoms with Gasteiger partial charge in [0.2, 0.25) is 29.5 Å². The van der Waals surface area contributed by atoms with Gasteiger partial charge in [-0.3, -0.25) is 24.0 Å². The minimum Gasteiger partial charge on any atom is -0.480 e. The lowest BCUT2D eigenvalue weighted by molar-refractivity contribution is -0.141. The van der Waals surface area contributed by atoms with Crippen molar-refractivity contribution in [3.63, 3.8) is 0 Å². The summed E-state index contributed by atoms with van der Waals surface area (Å²) in [5, 5.41) is 19.8. The Morgan fingerprint density at radius 2 is 1.14 bits per heavy atom. The number of nitrogens with one attached hydrogen (secondary N) is 5. The van der Waals surface area contributed by atoms with Crippen molar-refractivity contribution in [1.29, 1.82) is 0 Å². The summed E-state index contributed by atoms with van der Waals surface area (Å²) in [6.07, 6.45) is 0. The number of carboxylic acids is 1. The van der Waals surface area contributed by atoms with Gasteiger partial charge in [0.05, 0.1) is 32.2 Å². The van der Waals surface area contributed by atoms with Crippen LogP contribution in [-0.2, 0) is 28.8 Å². The smallest absolute Gasteiger partial charge is 0.327 e. The number of carboxylic acid groups (broad SMARTS) is 1. The van der Waals surface area contributed by atoms with E-state index < -0.39 is 67.2 Å². The molecule has 0 aromatic heterocycles. The molecule has 0 aromatic rings. The van der Waals surface area contributed by atoms with Crippen LogP contribution < -0.4 is 32.3 Å². The number of thiol groups is 2. The predicted molar refractivity (Wildman–Crippen MR) is 107 cm³/mol. The predicted octanol–water partition coefficient (Wildman–Crippen LogP) is -4.79. The molecule has 13 nitrogen and oxygen atoms in total. The Labute approximate surface area is 177 Å². The average Bonchev–Trinajstić information content (AvgIpc) is 2.70. The number of rotatable bonds is 13. The topological polar surface area (TPSA) is 209 Å². The fraction of sp³-hybridized carbons (Fsp3) is 0.571. The second-order valence-electron chi connectivity index (χ2n) is 5.48. The Bertz CT molecular complexity index is 634. The van der Waals surface area contributed by atoms with Crippen LogP contribution in [0, 0.1) is 0 Å². The number of amides is 5. The molecule has 0 aliphatic heterocycles. The highest BCUT2D eigenvalue weighted by Gasteiger charge is 2.18. The minimum atomic E-state index is -1.27. The Balaban J connectivity index is 4.00. The summed E-state index contributed by atoms with van der Waals surface area (Å²) in [6, 6.07) is -2.05. The van der Waals surface area contributed by atoms with Crippen molar-refractivity contribution in [3.05, 3.63) is 0 Å². The highest BCUT2D eigenvalue weighted by atomic mass is 32.1. The Morgan fingerprint density at radius 3 is 1.52 bits per heavy atom. The summed E-state index contributed by atoms with van der Waals surface area (Å²) >= 11 is 7.62. The zero-order valence-electron chi connectivity index (χ0n) is 15.3. The lowest BCUT2D eigenvalue weighted by atomic mass is 10.3. The third-order valence-electron chi connectivity index (χ3n) is 3.11. The van der Waals surface area contributed by atoms with Crippen molar-refractivity contribution >= 4 is 60.8 Å². The molecule has 8 N–H and O–H groups in total. The van der Waals surface area contributed by atoms with E-state index in [-0.39, 0.29) is 18.1 Å². The first kappa shape index (κ1) is 26.5. The summed E-state index contributed by atoms with van der Waals surface area (Å²) in [5.74, 6) is -4.61. The summed E-state index contributed by atoms with van der Waals surface area (Å²) in [6.45, 7) is -1.78. The molecule has 29 heavy (non-hydrogen) atoms. The molecule has 0 heterocycles. The molecule has 0 saturated carbocycles. The number of carbonyl (C=O) groups is 6. The van der Waals surface area contributed by atoms with Gasteiger partial charge in [0.15, 0.2) is 0 Å². The second-order valence-corrected chi connectivity index (χ2v) is 6.21. The standard InChI is InChI=1S/C14H24N6O7S2/c15-7(5-28)13(25)19-3-11(23)17-1-9(21)16-2-10(22)18-4-12(24)20-8(6-29)14(26)27/h7-8,28-29H,1-6,15H2,(H,16,21)(H,17,23)(H,18,22)(H,19,25)(H,20,24)(H,26,27)/t7-,8-/m0/s1. The quantitative estimate of drug-likeness (QED) is 0.124. The van der Waals surface area contributed by atoms with Crippen LogP contribution in [0.4, 0.5) is 0 Å². The van der Waals surface area contributed by atoms with E-state index in [0.29, 0.717) is 0 Å². The largest absolute Gasteiger partial charge is 0.480 e. The van der Waals surface area contributed by atoms with Crippen molar-refractivity contribution in [2.45, 2.75) is 12.1 Å². The van der Waals surface area contributed by atoms with E-state index in [0.717, 1.165) is 0 Å². The lowest BCUT2D eigenvalue weighted by Crippen LogP contribution is -2.49. The average molecular weight is 453 g/mol. The summed E-state index contributed by atoms with van der Waals surface area (Å²) < 4.78 is 0. The number of nitrogens with two attached hydrogens (primary N) is 1. The van der Waals surface area contributed by atoms with Crippen LogP contribution in [0.15, 0.2) is 0 Å². The maximum Gasteiger partial charge on any atom is 0.327 e. The van der Waals surface area contributed by atoms with Crippen molar-refractivity contribution in [1.82, 2.24) is 26.6 Å². The van der Waals surface area contributed by atoms with Gasteiger partial charge >= 0.3 is 5.97 Å². The van der Waals surface area contributed by atoms with Gasteiger partial charge in [-0.1, -0.05) is 0 Å². The molecule has 0 aromatic carbocycles. The third kappa shape index (κ3) is 12.5. The summed E-state index contributed by atoms with van der Waals surface area (Å²) in [4.78, 5) is 68.2. The normalized spacial score (nSPS) is 12.1. The van der Waals surface area contributed by atoms with Crippen LogP contribution >= 0.6 is 25.3 Å². The van der Waals surface area contributed by atoms with Crippen LogP contribution in [0.5, 0.6) is 0 Å². The van der Waals surface area contributed by atoms with E-state index in [1.165, 1.54) is 0 Å². The maximum atomic E-state index is 11.6. The zero-order valence-corrected chi connectivity index (χ0v) is 17.1. The molecule has 0 radical (unpaired) electrons. The molecule has 0 rings (SSSR count). The van der Waals surface area contributed by atoms with Gasteiger partial charge in [0, 0.05) is 11.5 Å². The first-order valence-corrected chi connectivity index (χ1v) is 9.44. The van der Waals surface area contributed by atoms with Gasteiger partial charge in [-0.25, -0.2) is 4.79 Å². The van der Waals surface area contributed by atoms with Crippen molar-refractivity contribution in [2.24, 2.45) is 5.73 Å². The molecule has 0 unspecified atom stereocenters. The Kier molecular flexibility index (Phi) is 13.2. The molecule has 0 spiro atoms. The highest BCUT2D eigenvalue weighted by molar-refractivity contribution is 7.80. The molecule has 0 aliphatic rings. The lowest BCUT2D eigenvalue weighted by Gasteiger charge is -2.12. The van der Waals surface area contributed by atoms with E-state index in [1.54, 1.807) is 0 Å². The van der Waals surface area contributed by atoms with Crippen LogP contribution in [0.25, 0.3) is 0 Å². The second kappa shape index (κ2) is 14.5. The number of carbonyl (C=O) groups excluding carboxylic acids is 5. The minimum absolute atomic E-state index is 0.106. The number of aliphatic carboxylic acids is 1. The van der Waals surface area contributed by atoms with E-state index in [1.807, 2.05) is 0 Å². The fourth-order valence-electron chi connectivity index (χ4n) is 1.54.